The highest BCUT2D eigenvalue weighted by atomic mass is 32.2. The van der Waals surface area contributed by atoms with Crippen LogP contribution in [0.3, 0.4) is 0 Å². The molecule has 1 atom stereocenters. The van der Waals surface area contributed by atoms with Crippen LogP contribution in [-0.2, 0) is 15.6 Å². The van der Waals surface area contributed by atoms with Crippen molar-refractivity contribution in [2.45, 2.75) is 26.2 Å². The van der Waals surface area contributed by atoms with Crippen molar-refractivity contribution in [3.63, 3.8) is 0 Å². The number of carbonyl (C=O) groups excluding carboxylic acids is 1. The maximum atomic E-state index is 12.6. The highest BCUT2D eigenvalue weighted by Crippen LogP contribution is 2.32. The number of carbonyl (C=O) groups is 1. The van der Waals surface area contributed by atoms with E-state index >= 15 is 0 Å². The van der Waals surface area contributed by atoms with Crippen LogP contribution in [0.2, 0.25) is 0 Å². The number of piperidine rings is 1. The van der Waals surface area contributed by atoms with Crippen molar-refractivity contribution >= 4 is 16.7 Å². The average Bonchev–Trinajstić information content (AvgIpc) is 2.39. The first-order valence-electron chi connectivity index (χ1n) is 6.53. The molecule has 0 bridgehead atoms. The van der Waals surface area contributed by atoms with Crippen molar-refractivity contribution in [3.05, 3.63) is 0 Å². The van der Waals surface area contributed by atoms with Crippen LogP contribution >= 0.6 is 0 Å². The Kier molecular flexibility index (Phi) is 4.20. The molecule has 5 heteroatoms. The Morgan fingerprint density at radius 3 is 2.65 bits per heavy atom. The third-order valence-electron chi connectivity index (χ3n) is 4.07. The Hall–Kier alpha value is -0.420. The lowest BCUT2D eigenvalue weighted by Gasteiger charge is -2.40. The second-order valence-electron chi connectivity index (χ2n) is 5.05. The lowest BCUT2D eigenvalue weighted by molar-refractivity contribution is -0.143. The third kappa shape index (κ3) is 2.71. The normalized spacial score (nSPS) is 31.5. The number of hydrogen-bond acceptors (Lipinski definition) is 3. The molecule has 2 aliphatic rings. The van der Waals surface area contributed by atoms with E-state index in [1.54, 1.807) is 0 Å². The van der Waals surface area contributed by atoms with E-state index in [0.717, 1.165) is 32.4 Å². The fraction of sp³-hybridized carbons (Fsp3) is 0.917. The van der Waals surface area contributed by atoms with E-state index < -0.39 is 10.8 Å². The molecule has 2 rings (SSSR count). The molecule has 17 heavy (non-hydrogen) atoms. The van der Waals surface area contributed by atoms with Gasteiger partial charge in [-0.2, -0.15) is 0 Å². The van der Waals surface area contributed by atoms with Gasteiger partial charge < -0.3 is 10.2 Å². The monoisotopic (exact) mass is 258 g/mol. The first-order valence-corrected chi connectivity index (χ1v) is 8.02. The largest absolute Gasteiger partial charge is 0.340 e. The summed E-state index contributed by atoms with van der Waals surface area (Å²) in [4.78, 5) is 14.5. The molecule has 0 spiro atoms. The summed E-state index contributed by atoms with van der Waals surface area (Å²) in [5, 5.41) is 3.35. The average molecular weight is 258 g/mol. The van der Waals surface area contributed by atoms with Gasteiger partial charge in [-0.25, -0.2) is 0 Å². The molecule has 98 valence electrons. The summed E-state index contributed by atoms with van der Waals surface area (Å²) in [6.45, 7) is 5.29. The van der Waals surface area contributed by atoms with Crippen molar-refractivity contribution in [3.8, 4) is 0 Å². The van der Waals surface area contributed by atoms with Crippen molar-refractivity contribution in [1.82, 2.24) is 10.2 Å². The van der Waals surface area contributed by atoms with Gasteiger partial charge in [0.1, 0.15) is 0 Å². The summed E-state index contributed by atoms with van der Waals surface area (Å²) in [6, 6.07) is 0. The van der Waals surface area contributed by atoms with Crippen molar-refractivity contribution < 1.29 is 9.00 Å². The van der Waals surface area contributed by atoms with Crippen molar-refractivity contribution in [1.29, 1.82) is 0 Å². The van der Waals surface area contributed by atoms with Crippen LogP contribution < -0.4 is 5.32 Å². The smallest absolute Gasteiger partial charge is 0.230 e. The Morgan fingerprint density at radius 2 is 2.12 bits per heavy atom. The van der Waals surface area contributed by atoms with E-state index in [2.05, 4.69) is 12.2 Å². The summed E-state index contributed by atoms with van der Waals surface area (Å²) in [7, 11) is -0.707. The van der Waals surface area contributed by atoms with Gasteiger partial charge in [0.25, 0.3) is 0 Å². The zero-order chi connectivity index (χ0) is 12.3. The Labute approximate surface area is 106 Å². The molecular weight excluding hydrogens is 236 g/mol. The molecule has 0 radical (unpaired) electrons. The summed E-state index contributed by atoms with van der Waals surface area (Å²) in [5.41, 5.74) is -0.197. The zero-order valence-electron chi connectivity index (χ0n) is 10.5. The minimum atomic E-state index is -0.707. The lowest BCUT2D eigenvalue weighted by Crippen LogP contribution is -2.54. The van der Waals surface area contributed by atoms with Gasteiger partial charge in [-0.1, -0.05) is 6.92 Å². The molecule has 1 unspecified atom stereocenters. The summed E-state index contributed by atoms with van der Waals surface area (Å²) in [5.74, 6) is 1.58. The SMILES string of the molecule is CCC1(C(=O)N2CCS(=O)CC2)CCCNC1. The number of amides is 1. The number of hydrogen-bond donors (Lipinski definition) is 1. The molecule has 2 heterocycles. The second-order valence-corrected chi connectivity index (χ2v) is 6.75. The second kappa shape index (κ2) is 5.48. The molecule has 0 aromatic carbocycles. The first-order chi connectivity index (χ1) is 8.18. The predicted molar refractivity (Wildman–Crippen MR) is 69.3 cm³/mol. The first kappa shape index (κ1) is 13.0. The standard InChI is InChI=1S/C12H22N2O2S/c1-2-12(4-3-5-13-10-12)11(15)14-6-8-17(16)9-7-14/h13H,2-10H2,1H3. The van der Waals surface area contributed by atoms with Crippen LogP contribution in [0.4, 0.5) is 0 Å². The lowest BCUT2D eigenvalue weighted by atomic mass is 9.77. The van der Waals surface area contributed by atoms with E-state index in [-0.39, 0.29) is 11.3 Å². The summed E-state index contributed by atoms with van der Waals surface area (Å²) >= 11 is 0. The van der Waals surface area contributed by atoms with E-state index in [0.29, 0.717) is 24.6 Å². The van der Waals surface area contributed by atoms with Gasteiger partial charge in [0.05, 0.1) is 5.41 Å². The van der Waals surface area contributed by atoms with E-state index in [1.165, 1.54) is 0 Å². The molecule has 4 nitrogen and oxygen atoms in total. The quantitative estimate of drug-likeness (QED) is 0.778. The minimum Gasteiger partial charge on any atom is -0.340 e. The number of nitrogens with zero attached hydrogens (tertiary/aromatic N) is 1. The van der Waals surface area contributed by atoms with Gasteiger partial charge in [-0.05, 0) is 25.8 Å². The highest BCUT2D eigenvalue weighted by molar-refractivity contribution is 7.85. The van der Waals surface area contributed by atoms with Crippen LogP contribution in [0.5, 0.6) is 0 Å². The van der Waals surface area contributed by atoms with Crippen molar-refractivity contribution in [2.24, 2.45) is 5.41 Å². The molecule has 0 aromatic rings. The highest BCUT2D eigenvalue weighted by Gasteiger charge is 2.41. The van der Waals surface area contributed by atoms with Crippen LogP contribution in [0.25, 0.3) is 0 Å². The van der Waals surface area contributed by atoms with Gasteiger partial charge in [0, 0.05) is 41.9 Å². The summed E-state index contributed by atoms with van der Waals surface area (Å²) in [6.07, 6.45) is 2.98. The topological polar surface area (TPSA) is 49.4 Å². The summed E-state index contributed by atoms with van der Waals surface area (Å²) < 4.78 is 11.3. The van der Waals surface area contributed by atoms with Crippen LogP contribution in [0.1, 0.15) is 26.2 Å². The van der Waals surface area contributed by atoms with E-state index in [9.17, 15) is 9.00 Å². The molecule has 2 aliphatic heterocycles. The fourth-order valence-corrected chi connectivity index (χ4v) is 3.83. The maximum Gasteiger partial charge on any atom is 0.230 e. The molecule has 2 fully saturated rings. The Balaban J connectivity index is 2.03. The number of rotatable bonds is 2. The minimum absolute atomic E-state index is 0.197. The molecule has 0 aromatic heterocycles. The molecule has 1 N–H and O–H groups in total. The van der Waals surface area contributed by atoms with Crippen LogP contribution in [-0.4, -0.2) is 52.7 Å². The molecule has 0 aliphatic carbocycles. The van der Waals surface area contributed by atoms with Gasteiger partial charge >= 0.3 is 0 Å². The van der Waals surface area contributed by atoms with E-state index in [1.807, 2.05) is 4.90 Å². The molecule has 2 saturated heterocycles. The van der Waals surface area contributed by atoms with Gasteiger partial charge in [0.15, 0.2) is 0 Å². The third-order valence-corrected chi connectivity index (χ3v) is 5.34. The van der Waals surface area contributed by atoms with Crippen LogP contribution in [0.15, 0.2) is 0 Å². The number of nitrogens with one attached hydrogen (secondary N) is 1. The van der Waals surface area contributed by atoms with Gasteiger partial charge in [-0.15, -0.1) is 0 Å². The Morgan fingerprint density at radius 1 is 1.41 bits per heavy atom. The molecular formula is C12H22N2O2S. The van der Waals surface area contributed by atoms with Crippen LogP contribution in [0, 0.1) is 5.41 Å². The molecule has 1 amide bonds. The predicted octanol–water partition coefficient (Wildman–Crippen LogP) is 0.357. The molecule has 0 saturated carbocycles. The van der Waals surface area contributed by atoms with Crippen molar-refractivity contribution in [2.75, 3.05) is 37.7 Å². The zero-order valence-corrected chi connectivity index (χ0v) is 11.4. The fourth-order valence-electron chi connectivity index (χ4n) is 2.78. The Bertz CT molecular complexity index is 304. The van der Waals surface area contributed by atoms with E-state index in [4.69, 9.17) is 0 Å². The maximum absolute atomic E-state index is 12.6. The van der Waals surface area contributed by atoms with Gasteiger partial charge in [-0.3, -0.25) is 9.00 Å². The van der Waals surface area contributed by atoms with Gasteiger partial charge in [0.2, 0.25) is 5.91 Å².